The second-order valence-corrected chi connectivity index (χ2v) is 1.95. The maximum absolute atomic E-state index is 10.2. The molecular weight excluding hydrogens is 166 g/mol. The Kier molecular flexibility index (Phi) is 3.48. The first-order valence-corrected chi connectivity index (χ1v) is 2.88. The molecule has 0 unspecified atom stereocenters. The molecule has 0 aliphatic heterocycles. The minimum atomic E-state index is -1.46. The van der Waals surface area contributed by atoms with Crippen molar-refractivity contribution >= 4 is 17.8 Å². The molecule has 0 aromatic carbocycles. The van der Waals surface area contributed by atoms with Crippen molar-refractivity contribution in [1.29, 1.82) is 0 Å². The number of aliphatic carboxylic acids is 2. The van der Waals surface area contributed by atoms with Crippen LogP contribution in [0.4, 0.5) is 0 Å². The van der Waals surface area contributed by atoms with E-state index in [0.717, 1.165) is 0 Å². The van der Waals surface area contributed by atoms with Crippen molar-refractivity contribution in [2.75, 3.05) is 0 Å². The van der Waals surface area contributed by atoms with Crippen LogP contribution in [0.5, 0.6) is 0 Å². The maximum atomic E-state index is 10.2. The molecule has 12 heavy (non-hydrogen) atoms. The average Bonchev–Trinajstić information content (AvgIpc) is 1.83. The summed E-state index contributed by atoms with van der Waals surface area (Å²) in [5, 5.41) is 16.5. The number of carbonyl (C=O) groups is 3. The van der Waals surface area contributed by atoms with Gasteiger partial charge in [0, 0.05) is 6.08 Å². The average molecular weight is 173 g/mol. The monoisotopic (exact) mass is 173 g/mol. The Balaban J connectivity index is 4.55. The van der Waals surface area contributed by atoms with Gasteiger partial charge in [0.05, 0.1) is 12.0 Å². The third-order valence-corrected chi connectivity index (χ3v) is 0.933. The predicted molar refractivity (Wildman–Crippen MR) is 37.2 cm³/mol. The van der Waals surface area contributed by atoms with Gasteiger partial charge in [-0.25, -0.2) is 4.79 Å². The SMILES string of the molecule is NC(=O)C=C(CC(=O)O)C(=O)O. The lowest BCUT2D eigenvalue weighted by molar-refractivity contribution is -0.139. The lowest BCUT2D eigenvalue weighted by Gasteiger charge is -1.95. The molecule has 0 saturated heterocycles. The lowest BCUT2D eigenvalue weighted by atomic mass is 10.2. The van der Waals surface area contributed by atoms with Crippen LogP contribution in [0, 0.1) is 0 Å². The third-order valence-electron chi connectivity index (χ3n) is 0.933. The lowest BCUT2D eigenvalue weighted by Crippen LogP contribution is -2.13. The molecule has 0 rings (SSSR count). The first-order chi connectivity index (χ1) is 5.43. The number of amides is 1. The Morgan fingerprint density at radius 1 is 1.25 bits per heavy atom. The largest absolute Gasteiger partial charge is 0.481 e. The van der Waals surface area contributed by atoms with E-state index in [1.807, 2.05) is 0 Å². The Labute approximate surface area is 67.3 Å². The number of primary amides is 1. The fourth-order valence-electron chi connectivity index (χ4n) is 0.523. The van der Waals surface area contributed by atoms with Crippen LogP contribution in [0.25, 0.3) is 0 Å². The van der Waals surface area contributed by atoms with E-state index in [1.54, 1.807) is 0 Å². The molecular formula is C6H7NO5. The molecule has 0 aliphatic carbocycles. The summed E-state index contributed by atoms with van der Waals surface area (Å²) < 4.78 is 0. The van der Waals surface area contributed by atoms with Crippen molar-refractivity contribution in [3.8, 4) is 0 Å². The predicted octanol–water partition coefficient (Wildman–Crippen LogP) is -1.04. The van der Waals surface area contributed by atoms with Crippen LogP contribution in [0.3, 0.4) is 0 Å². The molecule has 0 atom stereocenters. The zero-order chi connectivity index (χ0) is 9.72. The number of carboxylic acids is 2. The summed E-state index contributed by atoms with van der Waals surface area (Å²) in [5.41, 5.74) is 4.10. The second-order valence-electron chi connectivity index (χ2n) is 1.95. The van der Waals surface area contributed by atoms with Crippen LogP contribution in [-0.2, 0) is 14.4 Å². The molecule has 6 heteroatoms. The smallest absolute Gasteiger partial charge is 0.332 e. The molecule has 0 saturated carbocycles. The fraction of sp³-hybridized carbons (Fsp3) is 0.167. The van der Waals surface area contributed by atoms with Crippen molar-refractivity contribution in [3.63, 3.8) is 0 Å². The van der Waals surface area contributed by atoms with Crippen LogP contribution in [0.1, 0.15) is 6.42 Å². The zero-order valence-electron chi connectivity index (χ0n) is 5.98. The molecule has 6 nitrogen and oxygen atoms in total. The number of carboxylic acid groups (broad SMARTS) is 2. The molecule has 0 bridgehead atoms. The van der Waals surface area contributed by atoms with Crippen molar-refractivity contribution in [2.45, 2.75) is 6.42 Å². The summed E-state index contributed by atoms with van der Waals surface area (Å²) in [6, 6.07) is 0. The van der Waals surface area contributed by atoms with Gasteiger partial charge in [0.1, 0.15) is 0 Å². The minimum Gasteiger partial charge on any atom is -0.481 e. The van der Waals surface area contributed by atoms with E-state index in [2.05, 4.69) is 5.73 Å². The summed E-state index contributed by atoms with van der Waals surface area (Å²) in [6.45, 7) is 0. The molecule has 0 spiro atoms. The molecule has 1 amide bonds. The van der Waals surface area contributed by atoms with Crippen molar-refractivity contribution in [1.82, 2.24) is 0 Å². The summed E-state index contributed by atoms with van der Waals surface area (Å²) >= 11 is 0. The van der Waals surface area contributed by atoms with Gasteiger partial charge in [-0.05, 0) is 0 Å². The van der Waals surface area contributed by atoms with Gasteiger partial charge in [-0.3, -0.25) is 9.59 Å². The molecule has 0 aromatic rings. The maximum Gasteiger partial charge on any atom is 0.332 e. The van der Waals surface area contributed by atoms with Crippen molar-refractivity contribution in [3.05, 3.63) is 11.6 Å². The Morgan fingerprint density at radius 2 is 1.75 bits per heavy atom. The number of nitrogens with two attached hydrogens (primary N) is 1. The molecule has 0 heterocycles. The topological polar surface area (TPSA) is 118 Å². The molecule has 0 fully saturated rings. The van der Waals surface area contributed by atoms with Gasteiger partial charge in [0.2, 0.25) is 5.91 Å². The van der Waals surface area contributed by atoms with Gasteiger partial charge in [0.15, 0.2) is 0 Å². The normalized spacial score (nSPS) is 10.8. The third kappa shape index (κ3) is 4.04. The van der Waals surface area contributed by atoms with Gasteiger partial charge in [0.25, 0.3) is 0 Å². The van der Waals surface area contributed by atoms with Gasteiger partial charge < -0.3 is 15.9 Å². The quantitative estimate of drug-likeness (QED) is 0.469. The van der Waals surface area contributed by atoms with Gasteiger partial charge >= 0.3 is 11.9 Å². The zero-order valence-corrected chi connectivity index (χ0v) is 5.98. The summed E-state index contributed by atoms with van der Waals surface area (Å²) in [4.78, 5) is 30.5. The number of carbonyl (C=O) groups excluding carboxylic acids is 1. The molecule has 0 radical (unpaired) electrons. The van der Waals surface area contributed by atoms with E-state index >= 15 is 0 Å². The van der Waals surface area contributed by atoms with Crippen LogP contribution >= 0.6 is 0 Å². The van der Waals surface area contributed by atoms with E-state index in [0.29, 0.717) is 6.08 Å². The summed E-state index contributed by atoms with van der Waals surface area (Å²) in [6.07, 6.45) is -0.144. The second kappa shape index (κ2) is 4.12. The highest BCUT2D eigenvalue weighted by atomic mass is 16.4. The van der Waals surface area contributed by atoms with E-state index in [4.69, 9.17) is 10.2 Å². The summed E-state index contributed by atoms with van der Waals surface area (Å²) in [5.74, 6) is -3.77. The molecule has 0 aromatic heterocycles. The Hall–Kier alpha value is -1.85. The molecule has 4 N–H and O–H groups in total. The van der Waals surface area contributed by atoms with Gasteiger partial charge in [-0.2, -0.15) is 0 Å². The van der Waals surface area contributed by atoms with E-state index in [-0.39, 0.29) is 0 Å². The highest BCUT2D eigenvalue weighted by molar-refractivity contribution is 5.99. The molecule has 0 aliphatic rings. The first kappa shape index (κ1) is 10.2. The van der Waals surface area contributed by atoms with E-state index in [9.17, 15) is 14.4 Å². The van der Waals surface area contributed by atoms with E-state index < -0.39 is 29.8 Å². The number of rotatable bonds is 4. The van der Waals surface area contributed by atoms with Gasteiger partial charge in [-0.1, -0.05) is 0 Å². The van der Waals surface area contributed by atoms with Crippen LogP contribution in [-0.4, -0.2) is 28.1 Å². The Morgan fingerprint density at radius 3 is 2.00 bits per heavy atom. The fourth-order valence-corrected chi connectivity index (χ4v) is 0.523. The molecule has 66 valence electrons. The Bertz CT molecular complexity index is 255. The van der Waals surface area contributed by atoms with Crippen LogP contribution in [0.2, 0.25) is 0 Å². The van der Waals surface area contributed by atoms with Crippen LogP contribution < -0.4 is 5.73 Å². The summed E-state index contributed by atoms with van der Waals surface area (Å²) in [7, 11) is 0. The number of hydrogen-bond acceptors (Lipinski definition) is 3. The van der Waals surface area contributed by atoms with Crippen molar-refractivity contribution in [2.24, 2.45) is 5.73 Å². The van der Waals surface area contributed by atoms with Crippen molar-refractivity contribution < 1.29 is 24.6 Å². The highest BCUT2D eigenvalue weighted by Crippen LogP contribution is 2.00. The minimum absolute atomic E-state index is 0.532. The number of hydrogen-bond donors (Lipinski definition) is 3. The van der Waals surface area contributed by atoms with Gasteiger partial charge in [-0.15, -0.1) is 0 Å². The standard InChI is InChI=1S/C6H7NO5/c7-4(8)1-3(6(11)12)2-5(9)10/h1H,2H2,(H2,7,8)(H,9,10)(H,11,12). The first-order valence-electron chi connectivity index (χ1n) is 2.88. The van der Waals surface area contributed by atoms with E-state index in [1.165, 1.54) is 0 Å². The highest BCUT2D eigenvalue weighted by Gasteiger charge is 2.12. The van der Waals surface area contributed by atoms with Crippen LogP contribution in [0.15, 0.2) is 11.6 Å².